The summed E-state index contributed by atoms with van der Waals surface area (Å²) in [5.41, 5.74) is 4.64. The van der Waals surface area contributed by atoms with Crippen LogP contribution in [0.5, 0.6) is 17.2 Å². The molecule has 0 radical (unpaired) electrons. The minimum atomic E-state index is -0.169. The summed E-state index contributed by atoms with van der Waals surface area (Å²) in [4.78, 5) is 25.0. The Morgan fingerprint density at radius 3 is 2.81 bits per heavy atom. The van der Waals surface area contributed by atoms with Crippen molar-refractivity contribution in [2.24, 2.45) is 0 Å². The summed E-state index contributed by atoms with van der Waals surface area (Å²) in [5.74, 6) is 1.46. The lowest BCUT2D eigenvalue weighted by Crippen LogP contribution is -2.31. The Morgan fingerprint density at radius 1 is 1.08 bits per heavy atom. The number of amides is 1. The summed E-state index contributed by atoms with van der Waals surface area (Å²) in [6, 6.07) is 10.9. The molecule has 0 unspecified atom stereocenters. The Balaban J connectivity index is 1.58. The van der Waals surface area contributed by atoms with Crippen LogP contribution in [0.4, 0.5) is 11.4 Å². The molecule has 5 rings (SSSR count). The van der Waals surface area contributed by atoms with Crippen LogP contribution in [-0.2, 0) is 13.0 Å². The standard InChI is InChI=1S/C26H24ClN5O4/c1-34-20-7-4-10-29-19(20)14-36-21-13-28-11-8-15(21)23-24(22-17(31-23)9-12-30-26(22)33)32-18-6-3-5-16(27)25(18)35-2/h3-8,10-11,13,31-32H,9,12,14H2,1-2H3,(H,30,33). The van der Waals surface area contributed by atoms with Crippen molar-refractivity contribution in [1.82, 2.24) is 20.3 Å². The summed E-state index contributed by atoms with van der Waals surface area (Å²) in [6.45, 7) is 0.722. The number of methoxy groups -OCH3 is 2. The van der Waals surface area contributed by atoms with Gasteiger partial charge in [-0.2, -0.15) is 0 Å². The number of carbonyl (C=O) groups is 1. The maximum absolute atomic E-state index is 12.9. The first-order valence-corrected chi connectivity index (χ1v) is 11.7. The quantitative estimate of drug-likeness (QED) is 0.317. The number of aromatic nitrogens is 3. The van der Waals surface area contributed by atoms with Gasteiger partial charge in [0.2, 0.25) is 0 Å². The molecule has 0 spiro atoms. The Morgan fingerprint density at radius 2 is 1.97 bits per heavy atom. The molecule has 0 atom stereocenters. The molecule has 4 heterocycles. The molecule has 10 heteroatoms. The van der Waals surface area contributed by atoms with Gasteiger partial charge in [-0.05, 0) is 30.3 Å². The third-order valence-corrected chi connectivity index (χ3v) is 6.18. The number of rotatable bonds is 8. The van der Waals surface area contributed by atoms with E-state index in [0.29, 0.717) is 63.6 Å². The third kappa shape index (κ3) is 4.40. The first-order chi connectivity index (χ1) is 17.6. The van der Waals surface area contributed by atoms with Gasteiger partial charge in [-0.25, -0.2) is 0 Å². The number of ether oxygens (including phenoxy) is 3. The number of halogens is 1. The van der Waals surface area contributed by atoms with Gasteiger partial charge in [-0.1, -0.05) is 17.7 Å². The van der Waals surface area contributed by atoms with E-state index >= 15 is 0 Å². The average Bonchev–Trinajstić information content (AvgIpc) is 3.27. The molecule has 1 aliphatic heterocycles. The zero-order valence-electron chi connectivity index (χ0n) is 19.7. The molecule has 1 aliphatic rings. The molecule has 1 aromatic carbocycles. The van der Waals surface area contributed by atoms with E-state index in [1.807, 2.05) is 24.3 Å². The summed E-state index contributed by atoms with van der Waals surface area (Å²) in [5, 5.41) is 6.75. The number of hydrogen-bond acceptors (Lipinski definition) is 7. The lowest BCUT2D eigenvalue weighted by Gasteiger charge is -2.17. The highest BCUT2D eigenvalue weighted by atomic mass is 35.5. The van der Waals surface area contributed by atoms with Gasteiger partial charge in [0.15, 0.2) is 5.75 Å². The van der Waals surface area contributed by atoms with Crippen molar-refractivity contribution in [3.8, 4) is 28.5 Å². The highest BCUT2D eigenvalue weighted by molar-refractivity contribution is 6.32. The van der Waals surface area contributed by atoms with E-state index in [1.54, 1.807) is 44.9 Å². The van der Waals surface area contributed by atoms with Gasteiger partial charge >= 0.3 is 0 Å². The highest BCUT2D eigenvalue weighted by Crippen LogP contribution is 2.43. The van der Waals surface area contributed by atoms with Crippen LogP contribution >= 0.6 is 11.6 Å². The predicted octanol–water partition coefficient (Wildman–Crippen LogP) is 4.75. The maximum atomic E-state index is 12.9. The topological polar surface area (TPSA) is 110 Å². The predicted molar refractivity (Wildman–Crippen MR) is 136 cm³/mol. The van der Waals surface area contributed by atoms with Crippen molar-refractivity contribution in [3.05, 3.63) is 77.0 Å². The smallest absolute Gasteiger partial charge is 0.255 e. The van der Waals surface area contributed by atoms with E-state index in [9.17, 15) is 4.79 Å². The first-order valence-electron chi connectivity index (χ1n) is 11.3. The molecule has 0 saturated heterocycles. The number of nitrogens with zero attached hydrogens (tertiary/aromatic N) is 2. The second-order valence-corrected chi connectivity index (χ2v) is 8.40. The normalized spacial score (nSPS) is 12.5. The number of fused-ring (bicyclic) bond motifs is 1. The Kier molecular flexibility index (Phi) is 6.64. The van der Waals surface area contributed by atoms with Gasteiger partial charge in [-0.15, -0.1) is 0 Å². The van der Waals surface area contributed by atoms with E-state index in [4.69, 9.17) is 25.8 Å². The molecule has 0 aliphatic carbocycles. The van der Waals surface area contributed by atoms with Crippen LogP contribution in [0, 0.1) is 0 Å². The summed E-state index contributed by atoms with van der Waals surface area (Å²) in [7, 11) is 3.14. The zero-order valence-corrected chi connectivity index (χ0v) is 20.5. The summed E-state index contributed by atoms with van der Waals surface area (Å²) >= 11 is 6.35. The Labute approximate surface area is 212 Å². The molecular formula is C26H24ClN5O4. The van der Waals surface area contributed by atoms with Crippen molar-refractivity contribution in [2.45, 2.75) is 13.0 Å². The van der Waals surface area contributed by atoms with E-state index in [2.05, 4.69) is 25.6 Å². The van der Waals surface area contributed by atoms with Gasteiger partial charge < -0.3 is 29.8 Å². The van der Waals surface area contributed by atoms with Crippen LogP contribution in [-0.4, -0.2) is 41.6 Å². The minimum Gasteiger partial charge on any atom is -0.495 e. The lowest BCUT2D eigenvalue weighted by atomic mass is 10.0. The fourth-order valence-electron chi connectivity index (χ4n) is 4.22. The third-order valence-electron chi connectivity index (χ3n) is 5.88. The SMILES string of the molecule is COc1cccnc1COc1cnccc1-c1[nH]c2c(c1Nc1cccc(Cl)c1OC)C(=O)NCC2. The van der Waals surface area contributed by atoms with Gasteiger partial charge in [0.25, 0.3) is 5.91 Å². The number of benzene rings is 1. The number of aromatic amines is 1. The van der Waals surface area contributed by atoms with Crippen LogP contribution in [0.25, 0.3) is 11.3 Å². The maximum Gasteiger partial charge on any atom is 0.255 e. The van der Waals surface area contributed by atoms with Crippen molar-refractivity contribution in [1.29, 1.82) is 0 Å². The highest BCUT2D eigenvalue weighted by Gasteiger charge is 2.29. The van der Waals surface area contributed by atoms with Gasteiger partial charge in [0, 0.05) is 36.6 Å². The van der Waals surface area contributed by atoms with Crippen LogP contribution in [0.1, 0.15) is 21.7 Å². The molecule has 0 saturated carbocycles. The zero-order chi connectivity index (χ0) is 25.1. The monoisotopic (exact) mass is 505 g/mol. The molecule has 3 aromatic heterocycles. The van der Waals surface area contributed by atoms with E-state index < -0.39 is 0 Å². The van der Waals surface area contributed by atoms with Gasteiger partial charge in [0.05, 0.1) is 48.1 Å². The number of H-pyrrole nitrogens is 1. The largest absolute Gasteiger partial charge is 0.495 e. The van der Waals surface area contributed by atoms with Crippen molar-refractivity contribution in [3.63, 3.8) is 0 Å². The summed E-state index contributed by atoms with van der Waals surface area (Å²) < 4.78 is 17.1. The molecule has 184 valence electrons. The number of hydrogen-bond donors (Lipinski definition) is 3. The Hall–Kier alpha value is -4.24. The molecule has 4 aromatic rings. The summed E-state index contributed by atoms with van der Waals surface area (Å²) in [6.07, 6.45) is 5.65. The fraction of sp³-hybridized carbons (Fsp3) is 0.192. The molecule has 36 heavy (non-hydrogen) atoms. The number of anilines is 2. The van der Waals surface area contributed by atoms with Gasteiger partial charge in [0.1, 0.15) is 23.8 Å². The number of para-hydroxylation sites is 1. The van der Waals surface area contributed by atoms with E-state index in [1.165, 1.54) is 0 Å². The van der Waals surface area contributed by atoms with Crippen molar-refractivity contribution in [2.75, 3.05) is 26.1 Å². The number of carbonyl (C=O) groups excluding carboxylic acids is 1. The van der Waals surface area contributed by atoms with E-state index in [0.717, 1.165) is 11.3 Å². The van der Waals surface area contributed by atoms with Crippen molar-refractivity contribution < 1.29 is 19.0 Å². The lowest BCUT2D eigenvalue weighted by molar-refractivity contribution is 0.0947. The molecule has 1 amide bonds. The van der Waals surface area contributed by atoms with Crippen LogP contribution < -0.4 is 24.8 Å². The van der Waals surface area contributed by atoms with E-state index in [-0.39, 0.29) is 12.5 Å². The van der Waals surface area contributed by atoms with Crippen LogP contribution in [0.3, 0.4) is 0 Å². The Bertz CT molecular complexity index is 1420. The molecular weight excluding hydrogens is 482 g/mol. The second-order valence-electron chi connectivity index (χ2n) is 7.99. The molecule has 9 nitrogen and oxygen atoms in total. The van der Waals surface area contributed by atoms with Crippen LogP contribution in [0.2, 0.25) is 5.02 Å². The molecule has 3 N–H and O–H groups in total. The van der Waals surface area contributed by atoms with Gasteiger partial charge in [-0.3, -0.25) is 14.8 Å². The second kappa shape index (κ2) is 10.2. The number of pyridine rings is 2. The molecule has 0 fully saturated rings. The van der Waals surface area contributed by atoms with Crippen LogP contribution in [0.15, 0.2) is 55.0 Å². The first kappa shape index (κ1) is 23.5. The number of nitrogens with one attached hydrogen (secondary N) is 3. The minimum absolute atomic E-state index is 0.169. The van der Waals surface area contributed by atoms with Crippen molar-refractivity contribution >= 4 is 28.9 Å². The molecule has 0 bridgehead atoms. The average molecular weight is 506 g/mol. The fourth-order valence-corrected chi connectivity index (χ4v) is 4.47.